The highest BCUT2D eigenvalue weighted by atomic mass is 15.4. The van der Waals surface area contributed by atoms with Crippen LogP contribution in [0.15, 0.2) is 36.7 Å². The van der Waals surface area contributed by atoms with Gasteiger partial charge in [0.2, 0.25) is 0 Å². The molecule has 0 aliphatic carbocycles. The lowest BCUT2D eigenvalue weighted by atomic mass is 10.1. The highest BCUT2D eigenvalue weighted by Gasteiger charge is 1.95. The second-order valence-corrected chi connectivity index (χ2v) is 2.76. The zero-order chi connectivity index (χ0) is 9.10. The van der Waals surface area contributed by atoms with Crippen molar-refractivity contribution < 1.29 is 0 Å². The van der Waals surface area contributed by atoms with Gasteiger partial charge < -0.3 is 0 Å². The minimum absolute atomic E-state index is 0.817. The first-order valence-corrected chi connectivity index (χ1v) is 4.15. The van der Waals surface area contributed by atoms with Crippen molar-refractivity contribution in [2.75, 3.05) is 0 Å². The number of benzene rings is 1. The van der Waals surface area contributed by atoms with Crippen molar-refractivity contribution in [2.24, 2.45) is 0 Å². The van der Waals surface area contributed by atoms with Crippen LogP contribution in [0.25, 0.3) is 5.69 Å². The van der Waals surface area contributed by atoms with Gasteiger partial charge in [0, 0.05) is 0 Å². The van der Waals surface area contributed by atoms with Gasteiger partial charge in [0.15, 0.2) is 0 Å². The lowest BCUT2D eigenvalue weighted by molar-refractivity contribution is 0.803. The summed E-state index contributed by atoms with van der Waals surface area (Å²) >= 11 is 0. The van der Waals surface area contributed by atoms with Gasteiger partial charge in [-0.15, -0.1) is 5.10 Å². The van der Waals surface area contributed by atoms with Crippen LogP contribution in [0.3, 0.4) is 0 Å². The van der Waals surface area contributed by atoms with Gasteiger partial charge >= 0.3 is 0 Å². The van der Waals surface area contributed by atoms with Crippen LogP contribution in [-0.4, -0.2) is 15.0 Å². The van der Waals surface area contributed by atoms with E-state index in [9.17, 15) is 0 Å². The van der Waals surface area contributed by atoms with Crippen molar-refractivity contribution in [1.29, 1.82) is 0 Å². The van der Waals surface area contributed by atoms with Crippen molar-refractivity contribution in [3.8, 4) is 5.69 Å². The monoisotopic (exact) mass is 172 g/mol. The van der Waals surface area contributed by atoms with Gasteiger partial charge in [0.05, 0.1) is 18.1 Å². The second-order valence-electron chi connectivity index (χ2n) is 2.76. The van der Waals surface area contributed by atoms with Crippen molar-refractivity contribution >= 4 is 0 Å². The molecule has 0 spiro atoms. The minimum Gasteiger partial charge on any atom is -0.221 e. The highest BCUT2D eigenvalue weighted by molar-refractivity contribution is 5.33. The Labute approximate surface area is 77.0 Å². The third kappa shape index (κ3) is 1.59. The molecule has 3 heteroatoms. The molecule has 2 aromatic rings. The molecule has 0 aliphatic heterocycles. The predicted molar refractivity (Wildman–Crippen MR) is 50.4 cm³/mol. The predicted octanol–water partition coefficient (Wildman–Crippen LogP) is 1.64. The molecule has 2 rings (SSSR count). The molecule has 0 amide bonds. The smallest absolute Gasteiger partial charge is 0.0697 e. The van der Waals surface area contributed by atoms with Gasteiger partial charge in [0.1, 0.15) is 0 Å². The number of nitrogens with zero attached hydrogens (tertiary/aromatic N) is 3. The van der Waals surface area contributed by atoms with Gasteiger partial charge in [-0.2, -0.15) is 0 Å². The van der Waals surface area contributed by atoms with E-state index in [2.05, 4.69) is 17.2 Å². The van der Waals surface area contributed by atoms with Crippen molar-refractivity contribution in [2.45, 2.75) is 6.42 Å². The van der Waals surface area contributed by atoms with E-state index < -0.39 is 0 Å². The molecule has 0 atom stereocenters. The molecule has 0 fully saturated rings. The molecule has 0 N–H and O–H groups in total. The molecule has 0 saturated carbocycles. The maximum absolute atomic E-state index is 3.89. The fraction of sp³-hybridized carbons (Fsp3) is 0.100. The molecule has 0 unspecified atom stereocenters. The maximum atomic E-state index is 3.89. The third-order valence-corrected chi connectivity index (χ3v) is 1.91. The van der Waals surface area contributed by atoms with Crippen LogP contribution in [0.1, 0.15) is 5.56 Å². The Morgan fingerprint density at radius 3 is 2.54 bits per heavy atom. The van der Waals surface area contributed by atoms with Gasteiger partial charge in [-0.1, -0.05) is 17.3 Å². The Hall–Kier alpha value is -1.64. The highest BCUT2D eigenvalue weighted by Crippen LogP contribution is 2.07. The molecule has 1 heterocycles. The van der Waals surface area contributed by atoms with Crippen LogP contribution in [0.5, 0.6) is 0 Å². The average molecular weight is 172 g/mol. The van der Waals surface area contributed by atoms with Crippen molar-refractivity contribution in [3.05, 3.63) is 49.1 Å². The van der Waals surface area contributed by atoms with E-state index in [1.807, 2.05) is 30.5 Å². The Kier molecular flexibility index (Phi) is 2.08. The van der Waals surface area contributed by atoms with E-state index in [1.165, 1.54) is 5.56 Å². The topological polar surface area (TPSA) is 30.7 Å². The second kappa shape index (κ2) is 3.39. The summed E-state index contributed by atoms with van der Waals surface area (Å²) in [6.45, 7) is 3.81. The summed E-state index contributed by atoms with van der Waals surface area (Å²) in [6.07, 6.45) is 4.30. The van der Waals surface area contributed by atoms with Crippen LogP contribution >= 0.6 is 0 Å². The zero-order valence-corrected chi connectivity index (χ0v) is 7.22. The van der Waals surface area contributed by atoms with Gasteiger partial charge in [-0.3, -0.25) is 0 Å². The molecular weight excluding hydrogens is 162 g/mol. The normalized spacial score (nSPS) is 10.2. The van der Waals surface area contributed by atoms with E-state index in [4.69, 9.17) is 0 Å². The molecule has 1 radical (unpaired) electrons. The van der Waals surface area contributed by atoms with E-state index >= 15 is 0 Å². The van der Waals surface area contributed by atoms with Gasteiger partial charge in [-0.05, 0) is 31.0 Å². The lowest BCUT2D eigenvalue weighted by Gasteiger charge is -2.00. The number of hydrogen-bond acceptors (Lipinski definition) is 2. The summed E-state index contributed by atoms with van der Waals surface area (Å²) in [4.78, 5) is 0. The molecule has 0 saturated heterocycles. The maximum Gasteiger partial charge on any atom is 0.0697 e. The Morgan fingerprint density at radius 1 is 1.23 bits per heavy atom. The first-order valence-electron chi connectivity index (χ1n) is 4.15. The van der Waals surface area contributed by atoms with E-state index in [-0.39, 0.29) is 0 Å². The van der Waals surface area contributed by atoms with Crippen molar-refractivity contribution in [3.63, 3.8) is 0 Å². The number of aromatic nitrogens is 3. The van der Waals surface area contributed by atoms with Gasteiger partial charge in [-0.25, -0.2) is 4.68 Å². The third-order valence-electron chi connectivity index (χ3n) is 1.91. The lowest BCUT2D eigenvalue weighted by Crippen LogP contribution is -1.94. The molecule has 3 nitrogen and oxygen atoms in total. The molecule has 1 aromatic carbocycles. The average Bonchev–Trinajstić information content (AvgIpc) is 2.71. The Balaban J connectivity index is 2.33. The summed E-state index contributed by atoms with van der Waals surface area (Å²) in [6, 6.07) is 8.11. The Bertz CT molecular complexity index is 362. The molecule has 0 bridgehead atoms. The van der Waals surface area contributed by atoms with E-state index in [0.29, 0.717) is 0 Å². The van der Waals surface area contributed by atoms with Crippen LogP contribution < -0.4 is 0 Å². The van der Waals surface area contributed by atoms with E-state index in [1.54, 1.807) is 10.9 Å². The molecule has 13 heavy (non-hydrogen) atoms. The van der Waals surface area contributed by atoms with Crippen LogP contribution in [0, 0.1) is 6.92 Å². The summed E-state index contributed by atoms with van der Waals surface area (Å²) in [5.41, 5.74) is 2.25. The first-order chi connectivity index (χ1) is 6.40. The van der Waals surface area contributed by atoms with Crippen LogP contribution in [0.4, 0.5) is 0 Å². The van der Waals surface area contributed by atoms with Crippen molar-refractivity contribution in [1.82, 2.24) is 15.0 Å². The van der Waals surface area contributed by atoms with E-state index in [0.717, 1.165) is 12.1 Å². The summed E-state index contributed by atoms with van der Waals surface area (Å²) in [5.74, 6) is 0. The molecular formula is C10H10N3. The first kappa shape index (κ1) is 7.98. The Morgan fingerprint density at radius 2 is 2.00 bits per heavy atom. The SMILES string of the molecule is [CH2]Cc1ccc(-n2ccnn2)cc1. The standard InChI is InChI=1S/C10H10N3/c1-2-9-3-5-10(6-4-9)13-8-7-11-12-13/h3-8H,1-2H2. The van der Waals surface area contributed by atoms with Gasteiger partial charge in [0.25, 0.3) is 0 Å². The largest absolute Gasteiger partial charge is 0.221 e. The molecule has 65 valence electrons. The fourth-order valence-electron chi connectivity index (χ4n) is 1.16. The minimum atomic E-state index is 0.817. The summed E-state index contributed by atoms with van der Waals surface area (Å²) in [5, 5.41) is 7.63. The number of hydrogen-bond donors (Lipinski definition) is 0. The quantitative estimate of drug-likeness (QED) is 0.689. The fourth-order valence-corrected chi connectivity index (χ4v) is 1.16. The number of rotatable bonds is 2. The molecule has 1 aromatic heterocycles. The van der Waals surface area contributed by atoms with Crippen LogP contribution in [-0.2, 0) is 6.42 Å². The summed E-state index contributed by atoms with van der Waals surface area (Å²) in [7, 11) is 0. The van der Waals surface area contributed by atoms with Crippen LogP contribution in [0.2, 0.25) is 0 Å². The zero-order valence-electron chi connectivity index (χ0n) is 7.22. The summed E-state index contributed by atoms with van der Waals surface area (Å²) < 4.78 is 1.73. The molecule has 0 aliphatic rings.